The summed E-state index contributed by atoms with van der Waals surface area (Å²) in [5.74, 6) is 0. The maximum absolute atomic E-state index is 8.78. The molecule has 2 aromatic rings. The third-order valence-electron chi connectivity index (χ3n) is 2.45. The number of aromatic nitrogens is 1. The molecule has 1 aromatic heterocycles. The predicted octanol–water partition coefficient (Wildman–Crippen LogP) is 3.24. The Hall–Kier alpha value is -1.86. The Morgan fingerprint density at radius 2 is 2.24 bits per heavy atom. The lowest BCUT2D eigenvalue weighted by Crippen LogP contribution is -2.00. The van der Waals surface area contributed by atoms with E-state index in [9.17, 15) is 0 Å². The second-order valence-electron chi connectivity index (χ2n) is 3.88. The van der Waals surface area contributed by atoms with Crippen LogP contribution in [0, 0.1) is 25.2 Å². The van der Waals surface area contributed by atoms with E-state index in [1.54, 1.807) is 11.3 Å². The van der Waals surface area contributed by atoms with E-state index in [4.69, 9.17) is 5.26 Å². The molecule has 0 bridgehead atoms. The highest BCUT2D eigenvalue weighted by Gasteiger charge is 2.02. The number of nitriles is 1. The molecule has 2 rings (SSSR count). The number of rotatable bonds is 3. The van der Waals surface area contributed by atoms with E-state index in [1.807, 2.05) is 37.4 Å². The van der Waals surface area contributed by atoms with Crippen LogP contribution in [-0.4, -0.2) is 4.98 Å². The van der Waals surface area contributed by atoms with E-state index in [-0.39, 0.29) is 0 Å². The fraction of sp³-hybridized carbons (Fsp3) is 0.231. The van der Waals surface area contributed by atoms with E-state index >= 15 is 0 Å². The Labute approximate surface area is 105 Å². The molecule has 0 aliphatic rings. The number of benzene rings is 1. The van der Waals surface area contributed by atoms with Gasteiger partial charge in [0, 0.05) is 16.8 Å². The first kappa shape index (κ1) is 11.6. The zero-order valence-corrected chi connectivity index (χ0v) is 10.6. The molecule has 17 heavy (non-hydrogen) atoms. The molecular weight excluding hydrogens is 230 g/mol. The largest absolute Gasteiger partial charge is 0.378 e. The van der Waals surface area contributed by atoms with Crippen molar-refractivity contribution in [2.75, 3.05) is 5.32 Å². The number of nitrogens with zero attached hydrogens (tertiary/aromatic N) is 2. The Balaban J connectivity index is 2.07. The second-order valence-corrected chi connectivity index (χ2v) is 4.82. The Morgan fingerprint density at radius 3 is 2.82 bits per heavy atom. The van der Waals surface area contributed by atoms with E-state index in [0.29, 0.717) is 5.56 Å². The van der Waals surface area contributed by atoms with Crippen LogP contribution in [0.1, 0.15) is 21.8 Å². The van der Waals surface area contributed by atoms with Crippen molar-refractivity contribution in [3.63, 3.8) is 0 Å². The monoisotopic (exact) mass is 243 g/mol. The number of hydrogen-bond acceptors (Lipinski definition) is 4. The molecule has 86 valence electrons. The van der Waals surface area contributed by atoms with Crippen molar-refractivity contribution >= 4 is 17.0 Å². The summed E-state index contributed by atoms with van der Waals surface area (Å²) >= 11 is 1.66. The lowest BCUT2D eigenvalue weighted by Gasteiger charge is -2.07. The maximum Gasteiger partial charge on any atom is 0.112 e. The number of nitrogens with one attached hydrogen (secondary N) is 1. The maximum atomic E-state index is 8.78. The van der Waals surface area contributed by atoms with Gasteiger partial charge in [-0.25, -0.2) is 4.98 Å². The number of hydrogen-bond donors (Lipinski definition) is 1. The normalized spacial score (nSPS) is 9.94. The lowest BCUT2D eigenvalue weighted by atomic mass is 10.1. The molecule has 0 amide bonds. The fourth-order valence-electron chi connectivity index (χ4n) is 1.59. The molecule has 0 unspecified atom stereocenters. The smallest absolute Gasteiger partial charge is 0.112 e. The number of aryl methyl sites for hydroxylation is 2. The number of thiazole rings is 1. The topological polar surface area (TPSA) is 48.7 Å². The minimum Gasteiger partial charge on any atom is -0.378 e. The Kier molecular flexibility index (Phi) is 3.40. The van der Waals surface area contributed by atoms with Gasteiger partial charge in [0.2, 0.25) is 0 Å². The molecule has 0 saturated heterocycles. The van der Waals surface area contributed by atoms with E-state index in [0.717, 1.165) is 28.5 Å². The SMILES string of the molecule is Cc1csc(CNc2ccc(C#N)cc2C)n1. The third kappa shape index (κ3) is 2.83. The molecule has 3 nitrogen and oxygen atoms in total. The van der Waals surface area contributed by atoms with Crippen LogP contribution in [0.5, 0.6) is 0 Å². The summed E-state index contributed by atoms with van der Waals surface area (Å²) in [7, 11) is 0. The summed E-state index contributed by atoms with van der Waals surface area (Å²) in [6.45, 7) is 4.72. The Bertz CT molecular complexity index is 566. The molecule has 1 heterocycles. The summed E-state index contributed by atoms with van der Waals surface area (Å²) in [5, 5.41) is 15.2. The van der Waals surface area contributed by atoms with Gasteiger partial charge in [0.25, 0.3) is 0 Å². The van der Waals surface area contributed by atoms with Crippen LogP contribution in [0.2, 0.25) is 0 Å². The van der Waals surface area contributed by atoms with E-state index < -0.39 is 0 Å². The lowest BCUT2D eigenvalue weighted by molar-refractivity contribution is 1.07. The summed E-state index contributed by atoms with van der Waals surface area (Å²) in [4.78, 5) is 4.39. The summed E-state index contributed by atoms with van der Waals surface area (Å²) in [6.07, 6.45) is 0. The fourth-order valence-corrected chi connectivity index (χ4v) is 2.30. The highest BCUT2D eigenvalue weighted by molar-refractivity contribution is 7.09. The first-order valence-electron chi connectivity index (χ1n) is 5.34. The van der Waals surface area contributed by atoms with Gasteiger partial charge in [-0.05, 0) is 37.6 Å². The van der Waals surface area contributed by atoms with Crippen molar-refractivity contribution in [2.24, 2.45) is 0 Å². The Morgan fingerprint density at radius 1 is 1.41 bits per heavy atom. The molecule has 0 fully saturated rings. The third-order valence-corrected chi connectivity index (χ3v) is 3.42. The highest BCUT2D eigenvalue weighted by Crippen LogP contribution is 2.18. The van der Waals surface area contributed by atoms with Crippen molar-refractivity contribution in [2.45, 2.75) is 20.4 Å². The van der Waals surface area contributed by atoms with Crippen molar-refractivity contribution < 1.29 is 0 Å². The summed E-state index contributed by atoms with van der Waals surface area (Å²) < 4.78 is 0. The van der Waals surface area contributed by atoms with Crippen molar-refractivity contribution in [3.05, 3.63) is 45.4 Å². The van der Waals surface area contributed by atoms with Crippen molar-refractivity contribution in [1.82, 2.24) is 4.98 Å². The quantitative estimate of drug-likeness (QED) is 0.900. The first-order valence-corrected chi connectivity index (χ1v) is 6.22. The molecule has 0 atom stereocenters. The van der Waals surface area contributed by atoms with Gasteiger partial charge in [-0.2, -0.15) is 5.26 Å². The first-order chi connectivity index (χ1) is 8.19. The van der Waals surface area contributed by atoms with Gasteiger partial charge in [-0.3, -0.25) is 0 Å². The molecule has 1 aromatic carbocycles. The minimum absolute atomic E-state index is 0.693. The van der Waals surface area contributed by atoms with Crippen LogP contribution in [0.3, 0.4) is 0 Å². The van der Waals surface area contributed by atoms with E-state index in [1.165, 1.54) is 0 Å². The molecule has 0 aliphatic carbocycles. The van der Waals surface area contributed by atoms with Crippen LogP contribution in [0.4, 0.5) is 5.69 Å². The zero-order valence-electron chi connectivity index (χ0n) is 9.82. The second kappa shape index (κ2) is 4.98. The summed E-state index contributed by atoms with van der Waals surface area (Å²) in [6, 6.07) is 7.78. The van der Waals surface area contributed by atoms with Gasteiger partial charge < -0.3 is 5.32 Å². The van der Waals surface area contributed by atoms with Crippen LogP contribution in [0.25, 0.3) is 0 Å². The van der Waals surface area contributed by atoms with Crippen molar-refractivity contribution in [3.8, 4) is 6.07 Å². The van der Waals surface area contributed by atoms with E-state index in [2.05, 4.69) is 16.4 Å². The van der Waals surface area contributed by atoms with Crippen LogP contribution in [-0.2, 0) is 6.54 Å². The molecule has 0 saturated carbocycles. The van der Waals surface area contributed by atoms with Gasteiger partial charge in [0.05, 0.1) is 18.2 Å². The molecule has 1 N–H and O–H groups in total. The van der Waals surface area contributed by atoms with Gasteiger partial charge in [-0.15, -0.1) is 11.3 Å². The predicted molar refractivity (Wildman–Crippen MR) is 70.1 cm³/mol. The van der Waals surface area contributed by atoms with Gasteiger partial charge in [0.15, 0.2) is 0 Å². The molecule has 0 radical (unpaired) electrons. The van der Waals surface area contributed by atoms with Crippen LogP contribution < -0.4 is 5.32 Å². The zero-order chi connectivity index (χ0) is 12.3. The average Bonchev–Trinajstić information content (AvgIpc) is 2.73. The van der Waals surface area contributed by atoms with Gasteiger partial charge in [-0.1, -0.05) is 0 Å². The highest BCUT2D eigenvalue weighted by atomic mass is 32.1. The van der Waals surface area contributed by atoms with Crippen molar-refractivity contribution in [1.29, 1.82) is 5.26 Å². The van der Waals surface area contributed by atoms with Gasteiger partial charge in [0.1, 0.15) is 5.01 Å². The average molecular weight is 243 g/mol. The minimum atomic E-state index is 0.693. The molecule has 0 spiro atoms. The molecule has 0 aliphatic heterocycles. The van der Waals surface area contributed by atoms with Crippen LogP contribution in [0.15, 0.2) is 23.6 Å². The van der Waals surface area contributed by atoms with Crippen LogP contribution >= 0.6 is 11.3 Å². The number of anilines is 1. The summed E-state index contributed by atoms with van der Waals surface area (Å²) in [5.41, 5.74) is 3.88. The van der Waals surface area contributed by atoms with Gasteiger partial charge >= 0.3 is 0 Å². The standard InChI is InChI=1S/C13H13N3S/c1-9-5-11(6-14)3-4-12(9)15-7-13-16-10(2)8-17-13/h3-5,8,15H,7H2,1-2H3. The molecular formula is C13H13N3S. The molecule has 4 heteroatoms.